The molecule has 2 aromatic rings. The summed E-state index contributed by atoms with van der Waals surface area (Å²) in [5.41, 5.74) is 8.93. The van der Waals surface area contributed by atoms with Gasteiger partial charge in [-0.25, -0.2) is 0 Å². The fraction of sp³-hybridized carbons (Fsp3) is 0.316. The molecule has 6 heteroatoms. The summed E-state index contributed by atoms with van der Waals surface area (Å²) in [4.78, 5) is 4.28. The maximum absolute atomic E-state index is 5.92. The Kier molecular flexibility index (Phi) is 7.75. The second-order valence-corrected chi connectivity index (χ2v) is 5.38. The van der Waals surface area contributed by atoms with E-state index in [1.54, 1.807) is 14.2 Å². The minimum absolute atomic E-state index is 0.358. The van der Waals surface area contributed by atoms with E-state index >= 15 is 0 Å². The lowest BCUT2D eigenvalue weighted by atomic mass is 10.2. The number of para-hydroxylation sites is 1. The van der Waals surface area contributed by atoms with Crippen LogP contribution in [0.5, 0.6) is 5.75 Å². The molecule has 0 bridgehead atoms. The van der Waals surface area contributed by atoms with E-state index in [2.05, 4.69) is 10.3 Å². The van der Waals surface area contributed by atoms with Crippen molar-refractivity contribution >= 4 is 11.6 Å². The molecule has 0 aromatic heterocycles. The molecule has 2 aromatic carbocycles. The standard InChI is InChI=1S/C19H25N3O3/c1-23-14-16-5-3-4-6-18(16)22-19(20)21-11-12-25-13-15-7-9-17(24-2)10-8-15/h3-10H,11-14H2,1-2H3,(H3,20,21,22). The maximum atomic E-state index is 5.92. The summed E-state index contributed by atoms with van der Waals surface area (Å²) in [6, 6.07) is 15.6. The summed E-state index contributed by atoms with van der Waals surface area (Å²) in [5.74, 6) is 1.19. The second-order valence-electron chi connectivity index (χ2n) is 5.38. The Morgan fingerprint density at radius 1 is 1.04 bits per heavy atom. The summed E-state index contributed by atoms with van der Waals surface area (Å²) in [6.07, 6.45) is 0. The minimum atomic E-state index is 0.358. The first-order valence-corrected chi connectivity index (χ1v) is 8.07. The van der Waals surface area contributed by atoms with Crippen molar-refractivity contribution in [1.82, 2.24) is 0 Å². The first-order valence-electron chi connectivity index (χ1n) is 8.07. The van der Waals surface area contributed by atoms with Crippen LogP contribution in [0.3, 0.4) is 0 Å². The summed E-state index contributed by atoms with van der Waals surface area (Å²) in [5, 5.41) is 3.09. The number of ether oxygens (including phenoxy) is 3. The quantitative estimate of drug-likeness (QED) is 0.416. The first kappa shape index (κ1) is 18.8. The summed E-state index contributed by atoms with van der Waals surface area (Å²) >= 11 is 0. The molecular formula is C19H25N3O3. The van der Waals surface area contributed by atoms with Gasteiger partial charge in [-0.05, 0) is 23.8 Å². The lowest BCUT2D eigenvalue weighted by Crippen LogP contribution is -2.24. The van der Waals surface area contributed by atoms with Gasteiger partial charge in [0.25, 0.3) is 0 Å². The normalized spacial score (nSPS) is 11.4. The lowest BCUT2D eigenvalue weighted by Gasteiger charge is -2.11. The number of nitrogens with zero attached hydrogens (tertiary/aromatic N) is 1. The third-order valence-corrected chi connectivity index (χ3v) is 3.53. The van der Waals surface area contributed by atoms with E-state index in [1.807, 2.05) is 48.5 Å². The van der Waals surface area contributed by atoms with Crippen LogP contribution in [-0.2, 0) is 22.7 Å². The van der Waals surface area contributed by atoms with Crippen LogP contribution >= 0.6 is 0 Å². The highest BCUT2D eigenvalue weighted by Crippen LogP contribution is 2.15. The smallest absolute Gasteiger partial charge is 0.193 e. The van der Waals surface area contributed by atoms with Crippen molar-refractivity contribution < 1.29 is 14.2 Å². The minimum Gasteiger partial charge on any atom is -0.497 e. The zero-order chi connectivity index (χ0) is 17.9. The number of anilines is 1. The van der Waals surface area contributed by atoms with Crippen LogP contribution in [0.15, 0.2) is 53.5 Å². The molecule has 6 nitrogen and oxygen atoms in total. The van der Waals surface area contributed by atoms with E-state index in [-0.39, 0.29) is 0 Å². The van der Waals surface area contributed by atoms with Crippen LogP contribution in [0.1, 0.15) is 11.1 Å². The molecular weight excluding hydrogens is 318 g/mol. The van der Waals surface area contributed by atoms with Gasteiger partial charge in [0.05, 0.1) is 33.5 Å². The molecule has 25 heavy (non-hydrogen) atoms. The summed E-state index contributed by atoms with van der Waals surface area (Å²) in [7, 11) is 3.31. The van der Waals surface area contributed by atoms with Crippen LogP contribution in [0.2, 0.25) is 0 Å². The van der Waals surface area contributed by atoms with Crippen LogP contribution in [0.25, 0.3) is 0 Å². The molecule has 3 N–H and O–H groups in total. The Hall–Kier alpha value is -2.57. The molecule has 0 aliphatic carbocycles. The van der Waals surface area contributed by atoms with Crippen molar-refractivity contribution in [3.63, 3.8) is 0 Å². The first-order chi connectivity index (χ1) is 12.2. The number of hydrogen-bond acceptors (Lipinski definition) is 4. The van der Waals surface area contributed by atoms with Crippen molar-refractivity contribution in [2.75, 3.05) is 32.7 Å². The van der Waals surface area contributed by atoms with E-state index < -0.39 is 0 Å². The van der Waals surface area contributed by atoms with Gasteiger partial charge in [0.15, 0.2) is 5.96 Å². The van der Waals surface area contributed by atoms with Crippen LogP contribution in [0.4, 0.5) is 5.69 Å². The van der Waals surface area contributed by atoms with Crippen molar-refractivity contribution in [2.45, 2.75) is 13.2 Å². The molecule has 0 radical (unpaired) electrons. The number of hydrogen-bond donors (Lipinski definition) is 2. The van der Waals surface area contributed by atoms with Crippen molar-refractivity contribution in [3.8, 4) is 5.75 Å². The number of nitrogens with two attached hydrogens (primary N) is 1. The zero-order valence-electron chi connectivity index (χ0n) is 14.7. The van der Waals surface area contributed by atoms with Gasteiger partial charge < -0.3 is 25.3 Å². The molecule has 0 spiro atoms. The number of aliphatic imine (C=N–C) groups is 1. The number of benzene rings is 2. The van der Waals surface area contributed by atoms with Gasteiger partial charge in [-0.1, -0.05) is 30.3 Å². The number of nitrogens with one attached hydrogen (secondary N) is 1. The third kappa shape index (κ3) is 6.45. The lowest BCUT2D eigenvalue weighted by molar-refractivity contribution is 0.128. The number of guanidine groups is 1. The van der Waals surface area contributed by atoms with Crippen molar-refractivity contribution in [1.29, 1.82) is 0 Å². The van der Waals surface area contributed by atoms with Gasteiger partial charge in [0.1, 0.15) is 5.75 Å². The molecule has 0 unspecified atom stereocenters. The van der Waals surface area contributed by atoms with Crippen molar-refractivity contribution in [2.24, 2.45) is 10.7 Å². The Labute approximate surface area is 148 Å². The third-order valence-electron chi connectivity index (χ3n) is 3.53. The SMILES string of the molecule is COCc1ccccc1NC(N)=NCCOCc1ccc(OC)cc1. The van der Waals surface area contributed by atoms with Gasteiger partial charge >= 0.3 is 0 Å². The molecule has 2 rings (SSSR count). The van der Waals surface area contributed by atoms with Crippen LogP contribution < -0.4 is 15.8 Å². The van der Waals surface area contributed by atoms with E-state index in [0.29, 0.717) is 32.3 Å². The summed E-state index contributed by atoms with van der Waals surface area (Å²) in [6.45, 7) is 2.03. The number of rotatable bonds is 9. The largest absolute Gasteiger partial charge is 0.497 e. The van der Waals surface area contributed by atoms with Gasteiger partial charge in [0, 0.05) is 18.4 Å². The molecule has 0 amide bonds. The predicted octanol–water partition coefficient (Wildman–Crippen LogP) is 2.79. The molecule has 0 saturated heterocycles. The number of methoxy groups -OCH3 is 2. The Morgan fingerprint density at radius 3 is 2.52 bits per heavy atom. The monoisotopic (exact) mass is 343 g/mol. The maximum Gasteiger partial charge on any atom is 0.193 e. The fourth-order valence-electron chi connectivity index (χ4n) is 2.24. The fourth-order valence-corrected chi connectivity index (χ4v) is 2.24. The van der Waals surface area contributed by atoms with E-state index in [0.717, 1.165) is 22.6 Å². The molecule has 0 fully saturated rings. The molecule has 134 valence electrons. The summed E-state index contributed by atoms with van der Waals surface area (Å²) < 4.78 is 15.9. The Bertz CT molecular complexity index is 672. The molecule has 0 aliphatic heterocycles. The Balaban J connectivity index is 1.74. The van der Waals surface area contributed by atoms with Gasteiger partial charge in [0.2, 0.25) is 0 Å². The van der Waals surface area contributed by atoms with Gasteiger partial charge in [-0.15, -0.1) is 0 Å². The zero-order valence-corrected chi connectivity index (χ0v) is 14.7. The average Bonchev–Trinajstić information content (AvgIpc) is 2.64. The van der Waals surface area contributed by atoms with E-state index in [9.17, 15) is 0 Å². The highest BCUT2D eigenvalue weighted by atomic mass is 16.5. The van der Waals surface area contributed by atoms with Crippen LogP contribution in [0, 0.1) is 0 Å². The molecule has 0 saturated carbocycles. The van der Waals surface area contributed by atoms with Gasteiger partial charge in [-0.2, -0.15) is 0 Å². The predicted molar refractivity (Wildman–Crippen MR) is 99.9 cm³/mol. The van der Waals surface area contributed by atoms with Crippen LogP contribution in [-0.4, -0.2) is 33.3 Å². The van der Waals surface area contributed by atoms with Crippen molar-refractivity contribution in [3.05, 3.63) is 59.7 Å². The van der Waals surface area contributed by atoms with Gasteiger partial charge in [-0.3, -0.25) is 4.99 Å². The Morgan fingerprint density at radius 2 is 1.80 bits per heavy atom. The topological polar surface area (TPSA) is 78.1 Å². The highest BCUT2D eigenvalue weighted by Gasteiger charge is 2.02. The van der Waals surface area contributed by atoms with E-state index in [4.69, 9.17) is 19.9 Å². The molecule has 0 heterocycles. The molecule has 0 atom stereocenters. The second kappa shape index (κ2) is 10.3. The average molecular weight is 343 g/mol. The highest BCUT2D eigenvalue weighted by molar-refractivity contribution is 5.92. The molecule has 0 aliphatic rings. The van der Waals surface area contributed by atoms with E-state index in [1.165, 1.54) is 0 Å².